The number of rotatable bonds is 9. The molecule has 2 heterocycles. The summed E-state index contributed by atoms with van der Waals surface area (Å²) in [5.74, 6) is -0.160. The normalized spacial score (nSPS) is 11.9. The van der Waals surface area contributed by atoms with Crippen molar-refractivity contribution in [2.45, 2.75) is 45.3 Å². The molecule has 2 N–H and O–H groups in total. The van der Waals surface area contributed by atoms with E-state index in [1.54, 1.807) is 27.6 Å². The molecule has 0 aliphatic rings. The third-order valence-electron chi connectivity index (χ3n) is 3.61. The van der Waals surface area contributed by atoms with Gasteiger partial charge in [0.05, 0.1) is 13.1 Å². The van der Waals surface area contributed by atoms with Crippen molar-refractivity contribution in [3.8, 4) is 0 Å². The average Bonchev–Trinajstić information content (AvgIpc) is 3.23. The van der Waals surface area contributed by atoms with Gasteiger partial charge in [-0.05, 0) is 29.3 Å². The van der Waals surface area contributed by atoms with E-state index >= 15 is 0 Å². The minimum Gasteiger partial charge on any atom is -0.465 e. The molecule has 0 radical (unpaired) electrons. The SMILES string of the molecule is CCCC[C@@H](NC(=O)O)C(=O)N(Cc1cccs1)Cc1cccs1. The third-order valence-corrected chi connectivity index (χ3v) is 5.33. The smallest absolute Gasteiger partial charge is 0.405 e. The summed E-state index contributed by atoms with van der Waals surface area (Å²) in [6.07, 6.45) is 1.09. The number of hydrogen-bond acceptors (Lipinski definition) is 4. The van der Waals surface area contributed by atoms with Crippen LogP contribution in [0.3, 0.4) is 0 Å². The Bertz CT molecular complexity index is 590. The highest BCUT2D eigenvalue weighted by molar-refractivity contribution is 7.10. The van der Waals surface area contributed by atoms with E-state index in [-0.39, 0.29) is 5.91 Å². The second-order valence-corrected chi connectivity index (χ2v) is 7.56. The predicted octanol–water partition coefficient (Wildman–Crippen LogP) is 4.16. The van der Waals surface area contributed by atoms with Gasteiger partial charge in [-0.15, -0.1) is 22.7 Å². The average molecular weight is 367 g/mol. The Morgan fingerprint density at radius 2 is 1.75 bits per heavy atom. The van der Waals surface area contributed by atoms with Crippen molar-refractivity contribution in [1.29, 1.82) is 0 Å². The molecular weight excluding hydrogens is 344 g/mol. The lowest BCUT2D eigenvalue weighted by Gasteiger charge is -2.26. The Balaban J connectivity index is 2.14. The quantitative estimate of drug-likeness (QED) is 0.700. The van der Waals surface area contributed by atoms with Crippen molar-refractivity contribution in [3.63, 3.8) is 0 Å². The van der Waals surface area contributed by atoms with Crippen LogP contribution in [0.5, 0.6) is 0 Å². The van der Waals surface area contributed by atoms with Gasteiger partial charge in [-0.1, -0.05) is 31.9 Å². The predicted molar refractivity (Wildman–Crippen MR) is 97.4 cm³/mol. The Morgan fingerprint density at radius 3 is 2.17 bits per heavy atom. The number of unbranched alkanes of at least 4 members (excludes halogenated alkanes) is 1. The molecule has 7 heteroatoms. The van der Waals surface area contributed by atoms with Crippen molar-refractivity contribution in [3.05, 3.63) is 44.8 Å². The van der Waals surface area contributed by atoms with E-state index in [4.69, 9.17) is 5.11 Å². The summed E-state index contributed by atoms with van der Waals surface area (Å²) in [6, 6.07) is 7.20. The van der Waals surface area contributed by atoms with Gasteiger partial charge in [0, 0.05) is 9.75 Å². The summed E-state index contributed by atoms with van der Waals surface area (Å²) in [5.41, 5.74) is 0. The lowest BCUT2D eigenvalue weighted by Crippen LogP contribution is -2.47. The zero-order valence-corrected chi connectivity index (χ0v) is 15.2. The molecule has 24 heavy (non-hydrogen) atoms. The number of nitrogens with one attached hydrogen (secondary N) is 1. The number of carbonyl (C=O) groups is 2. The number of thiophene rings is 2. The number of amides is 2. The number of hydrogen-bond donors (Lipinski definition) is 2. The molecule has 0 saturated heterocycles. The fourth-order valence-corrected chi connectivity index (χ4v) is 3.87. The van der Waals surface area contributed by atoms with Crippen LogP contribution in [0.1, 0.15) is 35.9 Å². The first-order chi connectivity index (χ1) is 11.6. The topological polar surface area (TPSA) is 69.6 Å². The lowest BCUT2D eigenvalue weighted by molar-refractivity contribution is -0.134. The molecular formula is C17H22N2O3S2. The van der Waals surface area contributed by atoms with Gasteiger partial charge in [0.2, 0.25) is 5.91 Å². The second-order valence-electron chi connectivity index (χ2n) is 5.50. The van der Waals surface area contributed by atoms with Crippen LogP contribution < -0.4 is 5.32 Å². The Hall–Kier alpha value is -1.86. The van der Waals surface area contributed by atoms with Crippen molar-refractivity contribution in [2.75, 3.05) is 0 Å². The zero-order chi connectivity index (χ0) is 17.4. The van der Waals surface area contributed by atoms with E-state index < -0.39 is 12.1 Å². The number of carbonyl (C=O) groups excluding carboxylic acids is 1. The summed E-state index contributed by atoms with van der Waals surface area (Å²) in [5, 5.41) is 15.4. The summed E-state index contributed by atoms with van der Waals surface area (Å²) < 4.78 is 0. The van der Waals surface area contributed by atoms with Gasteiger partial charge in [-0.2, -0.15) is 0 Å². The van der Waals surface area contributed by atoms with E-state index in [2.05, 4.69) is 5.32 Å². The molecule has 0 aliphatic carbocycles. The van der Waals surface area contributed by atoms with Gasteiger partial charge >= 0.3 is 6.09 Å². The molecule has 2 rings (SSSR count). The highest BCUT2D eigenvalue weighted by Gasteiger charge is 2.26. The minimum atomic E-state index is -1.16. The minimum absolute atomic E-state index is 0.160. The molecule has 2 aromatic heterocycles. The highest BCUT2D eigenvalue weighted by atomic mass is 32.1. The van der Waals surface area contributed by atoms with Crippen LogP contribution in [-0.2, 0) is 17.9 Å². The lowest BCUT2D eigenvalue weighted by atomic mass is 10.1. The molecule has 1 atom stereocenters. The molecule has 0 unspecified atom stereocenters. The fourth-order valence-electron chi connectivity index (χ4n) is 2.43. The van der Waals surface area contributed by atoms with Gasteiger partial charge in [0.15, 0.2) is 0 Å². The second kappa shape index (κ2) is 9.44. The standard InChI is InChI=1S/C17H22N2O3S2/c1-2-3-8-15(18-17(21)22)16(20)19(11-13-6-4-9-23-13)12-14-7-5-10-24-14/h4-7,9-10,15,18H,2-3,8,11-12H2,1H3,(H,21,22)/t15-/m1/s1. The maximum Gasteiger partial charge on any atom is 0.405 e. The first kappa shape index (κ1) is 18.5. The van der Waals surface area contributed by atoms with Crippen LogP contribution in [0.4, 0.5) is 4.79 Å². The van der Waals surface area contributed by atoms with Crippen LogP contribution >= 0.6 is 22.7 Å². The Kier molecular flexibility index (Phi) is 7.27. The maximum atomic E-state index is 12.9. The Morgan fingerprint density at radius 1 is 1.17 bits per heavy atom. The molecule has 2 amide bonds. The zero-order valence-electron chi connectivity index (χ0n) is 13.6. The van der Waals surface area contributed by atoms with Crippen LogP contribution in [0, 0.1) is 0 Å². The van der Waals surface area contributed by atoms with Gasteiger partial charge < -0.3 is 15.3 Å². The van der Waals surface area contributed by atoms with E-state index in [1.165, 1.54) is 0 Å². The van der Waals surface area contributed by atoms with Gasteiger partial charge in [0.25, 0.3) is 0 Å². The summed E-state index contributed by atoms with van der Waals surface area (Å²) >= 11 is 3.20. The maximum absolute atomic E-state index is 12.9. The van der Waals surface area contributed by atoms with E-state index in [0.717, 1.165) is 22.6 Å². The molecule has 0 spiro atoms. The molecule has 0 saturated carbocycles. The van der Waals surface area contributed by atoms with Crippen molar-refractivity contribution >= 4 is 34.7 Å². The van der Waals surface area contributed by atoms with Crippen molar-refractivity contribution < 1.29 is 14.7 Å². The molecule has 5 nitrogen and oxygen atoms in total. The first-order valence-corrected chi connectivity index (χ1v) is 9.69. The summed E-state index contributed by atoms with van der Waals surface area (Å²) in [6.45, 7) is 3.02. The summed E-state index contributed by atoms with van der Waals surface area (Å²) in [4.78, 5) is 27.9. The van der Waals surface area contributed by atoms with E-state index in [0.29, 0.717) is 19.5 Å². The largest absolute Gasteiger partial charge is 0.465 e. The van der Waals surface area contributed by atoms with Crippen LogP contribution in [0.25, 0.3) is 0 Å². The van der Waals surface area contributed by atoms with Crippen LogP contribution in [0.2, 0.25) is 0 Å². The molecule has 0 aromatic carbocycles. The molecule has 130 valence electrons. The van der Waals surface area contributed by atoms with Crippen molar-refractivity contribution in [1.82, 2.24) is 10.2 Å². The van der Waals surface area contributed by atoms with Crippen molar-refractivity contribution in [2.24, 2.45) is 0 Å². The first-order valence-electron chi connectivity index (χ1n) is 7.93. The fraction of sp³-hybridized carbons (Fsp3) is 0.412. The number of nitrogens with zero attached hydrogens (tertiary/aromatic N) is 1. The third kappa shape index (κ3) is 5.65. The van der Waals surface area contributed by atoms with Gasteiger partial charge in [-0.3, -0.25) is 4.79 Å². The highest BCUT2D eigenvalue weighted by Crippen LogP contribution is 2.19. The van der Waals surface area contributed by atoms with E-state index in [9.17, 15) is 9.59 Å². The molecule has 0 fully saturated rings. The monoisotopic (exact) mass is 366 g/mol. The molecule has 2 aromatic rings. The summed E-state index contributed by atoms with van der Waals surface area (Å²) in [7, 11) is 0. The molecule has 0 aliphatic heterocycles. The van der Waals surface area contributed by atoms with Crippen LogP contribution in [-0.4, -0.2) is 28.0 Å². The van der Waals surface area contributed by atoms with Gasteiger partial charge in [0.1, 0.15) is 6.04 Å². The van der Waals surface area contributed by atoms with Gasteiger partial charge in [-0.25, -0.2) is 4.79 Å². The van der Waals surface area contributed by atoms with Crippen LogP contribution in [0.15, 0.2) is 35.0 Å². The molecule has 0 bridgehead atoms. The number of carboxylic acid groups (broad SMARTS) is 1. The van der Waals surface area contributed by atoms with E-state index in [1.807, 2.05) is 41.9 Å². The Labute approximate surface area is 149 Å².